The average Bonchev–Trinajstić information content (AvgIpc) is 2.92. The van der Waals surface area contributed by atoms with E-state index in [1.54, 1.807) is 4.90 Å². The smallest absolute Gasteiger partial charge is 0.240 e. The lowest BCUT2D eigenvalue weighted by Gasteiger charge is -2.23. The number of carbonyl (C=O) groups is 1. The highest BCUT2D eigenvalue weighted by molar-refractivity contribution is 7.89. The fourth-order valence-electron chi connectivity index (χ4n) is 2.40. The number of hydrogen-bond acceptors (Lipinski definition) is 6. The Hall–Kier alpha value is -1.57. The molecule has 24 heavy (non-hydrogen) atoms. The SMILES string of the molecule is CS(=O)(=O)NC(N)=NCCCC[C@H](N)C(=O)N1CCCC1C#N.Cl. The molecule has 1 saturated heterocycles. The minimum absolute atomic E-state index is 0. The molecule has 0 saturated carbocycles. The van der Waals surface area contributed by atoms with Gasteiger partial charge in [-0.3, -0.25) is 14.5 Å². The van der Waals surface area contributed by atoms with Crippen molar-refractivity contribution >= 4 is 34.3 Å². The fraction of sp³-hybridized carbons (Fsp3) is 0.769. The molecule has 0 aliphatic carbocycles. The molecule has 1 rings (SSSR count). The number of nitriles is 1. The first kappa shape index (κ1) is 22.4. The molecule has 0 radical (unpaired) electrons. The summed E-state index contributed by atoms with van der Waals surface area (Å²) >= 11 is 0. The van der Waals surface area contributed by atoms with Gasteiger partial charge in [-0.15, -0.1) is 12.4 Å². The van der Waals surface area contributed by atoms with Crippen LogP contribution in [0.5, 0.6) is 0 Å². The van der Waals surface area contributed by atoms with E-state index in [4.69, 9.17) is 16.7 Å². The van der Waals surface area contributed by atoms with E-state index in [1.165, 1.54) is 0 Å². The van der Waals surface area contributed by atoms with Crippen LogP contribution in [0.2, 0.25) is 0 Å². The van der Waals surface area contributed by atoms with Gasteiger partial charge in [0.2, 0.25) is 21.9 Å². The molecular formula is C13H25ClN6O3S. The maximum atomic E-state index is 12.2. The number of guanidine groups is 1. The van der Waals surface area contributed by atoms with Crippen LogP contribution >= 0.6 is 12.4 Å². The zero-order valence-corrected chi connectivity index (χ0v) is 15.3. The number of nitrogens with two attached hydrogens (primary N) is 2. The van der Waals surface area contributed by atoms with Crippen molar-refractivity contribution in [1.82, 2.24) is 9.62 Å². The Kier molecular flexibility index (Phi) is 9.65. The summed E-state index contributed by atoms with van der Waals surface area (Å²) in [6.45, 7) is 0.933. The lowest BCUT2D eigenvalue weighted by atomic mass is 10.1. The van der Waals surface area contributed by atoms with Crippen LogP contribution < -0.4 is 16.2 Å². The Morgan fingerprint density at radius 3 is 2.75 bits per heavy atom. The third-order valence-electron chi connectivity index (χ3n) is 3.50. The number of aliphatic imine (C=N–C) groups is 1. The number of halogens is 1. The van der Waals surface area contributed by atoms with Gasteiger partial charge in [0.15, 0.2) is 0 Å². The number of carbonyl (C=O) groups excluding carboxylic acids is 1. The Balaban J connectivity index is 0.00000529. The molecular weight excluding hydrogens is 356 g/mol. The number of unbranched alkanes of at least 4 members (excludes halogenated alkanes) is 1. The quantitative estimate of drug-likeness (QED) is 0.301. The maximum absolute atomic E-state index is 12.2. The van der Waals surface area contributed by atoms with Crippen molar-refractivity contribution in [1.29, 1.82) is 5.26 Å². The number of sulfonamides is 1. The molecule has 2 atom stereocenters. The van der Waals surface area contributed by atoms with E-state index in [0.717, 1.165) is 12.7 Å². The van der Waals surface area contributed by atoms with Crippen molar-refractivity contribution in [3.8, 4) is 6.07 Å². The Morgan fingerprint density at radius 2 is 2.17 bits per heavy atom. The summed E-state index contributed by atoms with van der Waals surface area (Å²) < 4.78 is 23.9. The molecule has 1 aliphatic heterocycles. The van der Waals surface area contributed by atoms with E-state index in [-0.39, 0.29) is 30.3 Å². The van der Waals surface area contributed by atoms with Gasteiger partial charge < -0.3 is 16.4 Å². The van der Waals surface area contributed by atoms with Crippen LogP contribution in [0, 0.1) is 11.3 Å². The number of nitrogens with zero attached hydrogens (tertiary/aromatic N) is 3. The standard InChI is InChI=1S/C13H24N6O3S.ClH/c1-23(21,22)18-13(16)17-7-3-2-6-11(15)12(20)19-8-4-5-10(19)9-14;/h10-11H,2-8,15H2,1H3,(H3,16,17,18);1H/t10?,11-;/m0./s1. The van der Waals surface area contributed by atoms with Crippen LogP contribution in [0.1, 0.15) is 32.1 Å². The molecule has 9 nitrogen and oxygen atoms in total. The number of nitrogens with one attached hydrogen (secondary N) is 1. The van der Waals surface area contributed by atoms with Crippen LogP contribution in [-0.2, 0) is 14.8 Å². The van der Waals surface area contributed by atoms with Gasteiger partial charge in [-0.2, -0.15) is 5.26 Å². The summed E-state index contributed by atoms with van der Waals surface area (Å²) in [5, 5.41) is 8.99. The molecule has 0 aromatic rings. The van der Waals surface area contributed by atoms with Crippen molar-refractivity contribution in [3.63, 3.8) is 0 Å². The normalized spacial score (nSPS) is 19.3. The molecule has 1 fully saturated rings. The molecule has 11 heteroatoms. The number of amides is 1. The Labute approximate surface area is 148 Å². The number of rotatable bonds is 7. The average molecular weight is 381 g/mol. The van der Waals surface area contributed by atoms with Crippen LogP contribution in [0.3, 0.4) is 0 Å². The van der Waals surface area contributed by atoms with Crippen molar-refractivity contribution in [3.05, 3.63) is 0 Å². The second-order valence-electron chi connectivity index (χ2n) is 5.56. The van der Waals surface area contributed by atoms with Gasteiger partial charge in [-0.25, -0.2) is 8.42 Å². The maximum Gasteiger partial charge on any atom is 0.240 e. The molecule has 1 heterocycles. The molecule has 1 aliphatic rings. The van der Waals surface area contributed by atoms with Crippen LogP contribution in [0.15, 0.2) is 4.99 Å². The first-order chi connectivity index (χ1) is 10.7. The fourth-order valence-corrected chi connectivity index (χ4v) is 2.84. The van der Waals surface area contributed by atoms with Gasteiger partial charge in [-0.05, 0) is 32.1 Å². The largest absolute Gasteiger partial charge is 0.369 e. The third kappa shape index (κ3) is 7.81. The molecule has 0 aromatic carbocycles. The predicted molar refractivity (Wildman–Crippen MR) is 93.9 cm³/mol. The van der Waals surface area contributed by atoms with Gasteiger partial charge >= 0.3 is 0 Å². The molecule has 5 N–H and O–H groups in total. The van der Waals surface area contributed by atoms with Crippen molar-refractivity contribution in [2.45, 2.75) is 44.2 Å². The van der Waals surface area contributed by atoms with E-state index >= 15 is 0 Å². The van der Waals surface area contributed by atoms with Crippen molar-refractivity contribution in [2.75, 3.05) is 19.3 Å². The first-order valence-electron chi connectivity index (χ1n) is 7.48. The van der Waals surface area contributed by atoms with Gasteiger partial charge in [0.1, 0.15) is 6.04 Å². The summed E-state index contributed by atoms with van der Waals surface area (Å²) in [5.74, 6) is -0.336. The third-order valence-corrected chi connectivity index (χ3v) is 4.08. The molecule has 0 aromatic heterocycles. The van der Waals surface area contributed by atoms with E-state index in [1.807, 2.05) is 0 Å². The van der Waals surface area contributed by atoms with E-state index in [2.05, 4.69) is 15.8 Å². The van der Waals surface area contributed by atoms with Gasteiger partial charge in [-0.1, -0.05) is 0 Å². The highest BCUT2D eigenvalue weighted by Crippen LogP contribution is 2.18. The van der Waals surface area contributed by atoms with Crippen LogP contribution in [0.25, 0.3) is 0 Å². The molecule has 0 spiro atoms. The summed E-state index contributed by atoms with van der Waals surface area (Å²) in [6.07, 6.45) is 4.31. The lowest BCUT2D eigenvalue weighted by molar-refractivity contribution is -0.132. The van der Waals surface area contributed by atoms with E-state index in [9.17, 15) is 13.2 Å². The first-order valence-corrected chi connectivity index (χ1v) is 9.37. The molecule has 138 valence electrons. The highest BCUT2D eigenvalue weighted by Gasteiger charge is 2.31. The second kappa shape index (κ2) is 10.3. The lowest BCUT2D eigenvalue weighted by Crippen LogP contribution is -2.45. The zero-order valence-electron chi connectivity index (χ0n) is 13.6. The van der Waals surface area contributed by atoms with Gasteiger partial charge in [0.25, 0.3) is 0 Å². The molecule has 1 unspecified atom stereocenters. The number of likely N-dealkylation sites (tertiary alicyclic amines) is 1. The van der Waals surface area contributed by atoms with E-state index < -0.39 is 16.1 Å². The van der Waals surface area contributed by atoms with Crippen LogP contribution in [-0.4, -0.2) is 56.6 Å². The summed E-state index contributed by atoms with van der Waals surface area (Å²) in [6, 6.07) is 1.13. The van der Waals surface area contributed by atoms with Gasteiger partial charge in [0, 0.05) is 13.1 Å². The van der Waals surface area contributed by atoms with E-state index in [0.29, 0.717) is 38.8 Å². The highest BCUT2D eigenvalue weighted by atomic mass is 35.5. The van der Waals surface area contributed by atoms with Crippen molar-refractivity contribution in [2.24, 2.45) is 16.5 Å². The Bertz CT molecular complexity index is 589. The summed E-state index contributed by atoms with van der Waals surface area (Å²) in [4.78, 5) is 17.6. The zero-order chi connectivity index (χ0) is 17.5. The topological polar surface area (TPSA) is 155 Å². The molecule has 1 amide bonds. The van der Waals surface area contributed by atoms with Gasteiger partial charge in [0.05, 0.1) is 18.4 Å². The molecule has 0 bridgehead atoms. The summed E-state index contributed by atoms with van der Waals surface area (Å²) in [7, 11) is -3.41. The minimum Gasteiger partial charge on any atom is -0.369 e. The predicted octanol–water partition coefficient (Wildman–Crippen LogP) is -0.716. The second-order valence-corrected chi connectivity index (χ2v) is 7.31. The summed E-state index contributed by atoms with van der Waals surface area (Å²) in [5.41, 5.74) is 11.3. The Morgan fingerprint density at radius 1 is 1.50 bits per heavy atom. The minimum atomic E-state index is -3.41. The number of hydrogen-bond donors (Lipinski definition) is 3. The van der Waals surface area contributed by atoms with Crippen molar-refractivity contribution < 1.29 is 13.2 Å². The van der Waals surface area contributed by atoms with Crippen LogP contribution in [0.4, 0.5) is 0 Å². The monoisotopic (exact) mass is 380 g/mol.